The van der Waals surface area contributed by atoms with Gasteiger partial charge in [-0.2, -0.15) is 5.10 Å². The molecule has 1 heterocycles. The summed E-state index contributed by atoms with van der Waals surface area (Å²) in [5, 5.41) is 6.04. The fourth-order valence-corrected chi connectivity index (χ4v) is 0.730. The zero-order chi connectivity index (χ0) is 7.56. The van der Waals surface area contributed by atoms with Crippen molar-refractivity contribution in [2.75, 3.05) is 0 Å². The van der Waals surface area contributed by atoms with Crippen LogP contribution in [0.25, 0.3) is 0 Å². The molecule has 10 heavy (non-hydrogen) atoms. The van der Waals surface area contributed by atoms with Gasteiger partial charge in [-0.05, 0) is 12.5 Å². The first-order valence-corrected chi connectivity index (χ1v) is 2.99. The van der Waals surface area contributed by atoms with Crippen LogP contribution in [0.2, 0.25) is 0 Å². The monoisotopic (exact) mass is 139 g/mol. The minimum Gasteiger partial charge on any atom is -0.325 e. The molecule has 0 atom stereocenters. The highest BCUT2D eigenvalue weighted by Gasteiger charge is 1.95. The standard InChI is InChI=1S/C6H9N3O/c1-4-2-6(10)9-8-5(4)3-7/h2H,3,7H2,1H3,(H,9,10). The second-order valence-corrected chi connectivity index (χ2v) is 2.07. The highest BCUT2D eigenvalue weighted by atomic mass is 16.1. The van der Waals surface area contributed by atoms with E-state index in [2.05, 4.69) is 10.2 Å². The summed E-state index contributed by atoms with van der Waals surface area (Å²) in [6.07, 6.45) is 0. The van der Waals surface area contributed by atoms with E-state index in [0.717, 1.165) is 11.3 Å². The minimum atomic E-state index is -0.185. The Hall–Kier alpha value is -1.16. The zero-order valence-electron chi connectivity index (χ0n) is 5.72. The van der Waals surface area contributed by atoms with Crippen LogP contribution in [0, 0.1) is 6.92 Å². The van der Waals surface area contributed by atoms with Gasteiger partial charge in [0, 0.05) is 12.6 Å². The molecule has 0 aliphatic carbocycles. The van der Waals surface area contributed by atoms with Gasteiger partial charge in [0.1, 0.15) is 0 Å². The molecule has 54 valence electrons. The first kappa shape index (κ1) is 6.95. The fraction of sp³-hybridized carbons (Fsp3) is 0.333. The van der Waals surface area contributed by atoms with Gasteiger partial charge in [-0.25, -0.2) is 5.10 Å². The van der Waals surface area contributed by atoms with E-state index in [1.807, 2.05) is 6.92 Å². The van der Waals surface area contributed by atoms with E-state index >= 15 is 0 Å². The molecule has 0 bridgehead atoms. The van der Waals surface area contributed by atoms with E-state index in [4.69, 9.17) is 5.73 Å². The van der Waals surface area contributed by atoms with Crippen LogP contribution >= 0.6 is 0 Å². The van der Waals surface area contributed by atoms with E-state index in [1.165, 1.54) is 6.07 Å². The van der Waals surface area contributed by atoms with Crippen LogP contribution in [0.15, 0.2) is 10.9 Å². The van der Waals surface area contributed by atoms with E-state index in [-0.39, 0.29) is 5.56 Å². The number of aromatic nitrogens is 2. The van der Waals surface area contributed by atoms with Crippen LogP contribution in [0.4, 0.5) is 0 Å². The van der Waals surface area contributed by atoms with E-state index in [1.54, 1.807) is 0 Å². The summed E-state index contributed by atoms with van der Waals surface area (Å²) in [7, 11) is 0. The lowest BCUT2D eigenvalue weighted by molar-refractivity contribution is 0.862. The minimum absolute atomic E-state index is 0.185. The largest absolute Gasteiger partial charge is 0.325 e. The van der Waals surface area contributed by atoms with Gasteiger partial charge in [-0.15, -0.1) is 0 Å². The number of aromatic amines is 1. The van der Waals surface area contributed by atoms with E-state index in [9.17, 15) is 4.79 Å². The highest BCUT2D eigenvalue weighted by Crippen LogP contribution is 1.95. The summed E-state index contributed by atoms with van der Waals surface area (Å²) >= 11 is 0. The van der Waals surface area contributed by atoms with Crippen molar-refractivity contribution < 1.29 is 0 Å². The normalized spacial score (nSPS) is 9.80. The summed E-state index contributed by atoms with van der Waals surface area (Å²) in [6.45, 7) is 2.17. The number of rotatable bonds is 1. The second kappa shape index (κ2) is 2.62. The molecule has 0 unspecified atom stereocenters. The second-order valence-electron chi connectivity index (χ2n) is 2.07. The van der Waals surface area contributed by atoms with Crippen LogP contribution in [0.3, 0.4) is 0 Å². The van der Waals surface area contributed by atoms with Gasteiger partial charge < -0.3 is 5.73 Å². The molecule has 0 saturated heterocycles. The molecular weight excluding hydrogens is 130 g/mol. The van der Waals surface area contributed by atoms with Crippen LogP contribution < -0.4 is 11.3 Å². The fourth-order valence-electron chi connectivity index (χ4n) is 0.730. The predicted molar refractivity (Wildman–Crippen MR) is 37.5 cm³/mol. The van der Waals surface area contributed by atoms with Gasteiger partial charge in [-0.3, -0.25) is 4.79 Å². The molecule has 4 nitrogen and oxygen atoms in total. The molecule has 4 heteroatoms. The topological polar surface area (TPSA) is 71.8 Å². The molecule has 0 fully saturated rings. The Balaban J connectivity index is 3.19. The highest BCUT2D eigenvalue weighted by molar-refractivity contribution is 5.14. The van der Waals surface area contributed by atoms with Crippen molar-refractivity contribution in [2.45, 2.75) is 13.5 Å². The number of hydrogen-bond acceptors (Lipinski definition) is 3. The Morgan fingerprint density at radius 1 is 1.80 bits per heavy atom. The maximum atomic E-state index is 10.6. The molecule has 0 aliphatic heterocycles. The maximum Gasteiger partial charge on any atom is 0.264 e. The molecule has 3 N–H and O–H groups in total. The van der Waals surface area contributed by atoms with Gasteiger partial charge in [0.15, 0.2) is 0 Å². The molecule has 0 aliphatic rings. The van der Waals surface area contributed by atoms with E-state index in [0.29, 0.717) is 6.54 Å². The Labute approximate surface area is 58.1 Å². The molecule has 1 aromatic rings. The first-order chi connectivity index (χ1) is 4.74. The summed E-state index contributed by atoms with van der Waals surface area (Å²) in [4.78, 5) is 10.6. The SMILES string of the molecule is Cc1cc(=O)[nH]nc1CN. The molecule has 0 spiro atoms. The van der Waals surface area contributed by atoms with Crippen molar-refractivity contribution in [3.8, 4) is 0 Å². The average Bonchev–Trinajstić information content (AvgIpc) is 1.88. The van der Waals surface area contributed by atoms with Crippen molar-refractivity contribution in [1.29, 1.82) is 0 Å². The number of H-pyrrole nitrogens is 1. The van der Waals surface area contributed by atoms with Gasteiger partial charge in [0.2, 0.25) is 0 Å². The quantitative estimate of drug-likeness (QED) is 0.552. The number of nitrogens with one attached hydrogen (secondary N) is 1. The van der Waals surface area contributed by atoms with Crippen molar-refractivity contribution in [3.05, 3.63) is 27.7 Å². The Bertz CT molecular complexity index is 279. The third kappa shape index (κ3) is 1.22. The van der Waals surface area contributed by atoms with Crippen LogP contribution in [0.5, 0.6) is 0 Å². The van der Waals surface area contributed by atoms with Gasteiger partial charge in [0.05, 0.1) is 5.69 Å². The van der Waals surface area contributed by atoms with Crippen molar-refractivity contribution >= 4 is 0 Å². The number of aryl methyl sites for hydroxylation is 1. The lowest BCUT2D eigenvalue weighted by Gasteiger charge is -1.96. The number of nitrogens with zero attached hydrogens (tertiary/aromatic N) is 1. The summed E-state index contributed by atoms with van der Waals surface area (Å²) in [5.41, 5.74) is 6.71. The molecule has 1 aromatic heterocycles. The van der Waals surface area contributed by atoms with Gasteiger partial charge in [0.25, 0.3) is 5.56 Å². The third-order valence-electron chi connectivity index (χ3n) is 1.30. The van der Waals surface area contributed by atoms with Crippen LogP contribution in [-0.2, 0) is 6.54 Å². The van der Waals surface area contributed by atoms with Crippen LogP contribution in [0.1, 0.15) is 11.3 Å². The molecule has 0 aromatic carbocycles. The average molecular weight is 139 g/mol. The van der Waals surface area contributed by atoms with E-state index < -0.39 is 0 Å². The first-order valence-electron chi connectivity index (χ1n) is 2.99. The summed E-state index contributed by atoms with van der Waals surface area (Å²) in [6, 6.07) is 1.48. The third-order valence-corrected chi connectivity index (χ3v) is 1.30. The Morgan fingerprint density at radius 2 is 2.50 bits per heavy atom. The van der Waals surface area contributed by atoms with Crippen molar-refractivity contribution in [2.24, 2.45) is 5.73 Å². The lowest BCUT2D eigenvalue weighted by atomic mass is 10.2. The Kier molecular flexibility index (Phi) is 1.82. The van der Waals surface area contributed by atoms with Gasteiger partial charge in [-0.1, -0.05) is 0 Å². The molecular formula is C6H9N3O. The maximum absolute atomic E-state index is 10.6. The predicted octanol–water partition coefficient (Wildman–Crippen LogP) is -0.463. The summed E-state index contributed by atoms with van der Waals surface area (Å²) < 4.78 is 0. The van der Waals surface area contributed by atoms with Crippen LogP contribution in [-0.4, -0.2) is 10.2 Å². The van der Waals surface area contributed by atoms with Crippen molar-refractivity contribution in [3.63, 3.8) is 0 Å². The zero-order valence-corrected chi connectivity index (χ0v) is 5.72. The lowest BCUT2D eigenvalue weighted by Crippen LogP contribution is -2.12. The smallest absolute Gasteiger partial charge is 0.264 e. The molecule has 0 saturated carbocycles. The number of nitrogens with two attached hydrogens (primary N) is 1. The number of hydrogen-bond donors (Lipinski definition) is 2. The Morgan fingerprint density at radius 3 is 3.00 bits per heavy atom. The molecule has 0 radical (unpaired) electrons. The van der Waals surface area contributed by atoms with Gasteiger partial charge >= 0.3 is 0 Å². The molecule has 1 rings (SSSR count). The summed E-state index contributed by atoms with van der Waals surface area (Å²) in [5.74, 6) is 0. The molecule has 0 amide bonds. The van der Waals surface area contributed by atoms with Crippen molar-refractivity contribution in [1.82, 2.24) is 10.2 Å².